The lowest BCUT2D eigenvalue weighted by Gasteiger charge is -2.57. The van der Waals surface area contributed by atoms with Gasteiger partial charge in [-0.05, 0) is 68.1 Å². The summed E-state index contributed by atoms with van der Waals surface area (Å²) >= 11 is 0. The summed E-state index contributed by atoms with van der Waals surface area (Å²) in [6.45, 7) is 0. The van der Waals surface area contributed by atoms with Crippen molar-refractivity contribution >= 4 is 0 Å². The molecule has 1 N–H and O–H groups in total. The molecule has 0 unspecified atom stereocenters. The normalized spacial score (nSPS) is 46.2. The van der Waals surface area contributed by atoms with E-state index in [1.165, 1.54) is 19.3 Å². The van der Waals surface area contributed by atoms with Crippen molar-refractivity contribution in [2.45, 2.75) is 57.2 Å². The van der Waals surface area contributed by atoms with Crippen LogP contribution in [0, 0.1) is 23.2 Å². The highest BCUT2D eigenvalue weighted by molar-refractivity contribution is 5.02. The van der Waals surface area contributed by atoms with Gasteiger partial charge in [-0.1, -0.05) is 0 Å². The Labute approximate surface area is 99.4 Å². The Balaban J connectivity index is 1.74. The summed E-state index contributed by atoms with van der Waals surface area (Å²) in [5, 5.41) is 9.32. The van der Waals surface area contributed by atoms with Crippen LogP contribution in [0.2, 0.25) is 0 Å². The number of alkyl halides is 3. The van der Waals surface area contributed by atoms with E-state index in [0.717, 1.165) is 19.3 Å². The molecule has 1 nitrogen and oxygen atoms in total. The third-order valence-corrected chi connectivity index (χ3v) is 5.17. The summed E-state index contributed by atoms with van der Waals surface area (Å²) in [4.78, 5) is 0. The van der Waals surface area contributed by atoms with E-state index in [1.54, 1.807) is 0 Å². The van der Waals surface area contributed by atoms with Gasteiger partial charge in [-0.2, -0.15) is 13.2 Å². The van der Waals surface area contributed by atoms with Gasteiger partial charge in [-0.15, -0.1) is 0 Å². The van der Waals surface area contributed by atoms with Gasteiger partial charge >= 0.3 is 6.18 Å². The molecule has 4 saturated carbocycles. The second-order valence-electron chi connectivity index (χ2n) is 6.68. The third-order valence-electron chi connectivity index (χ3n) is 5.17. The molecule has 0 aromatic rings. The number of aliphatic hydroxyl groups is 1. The molecule has 0 heterocycles. The lowest BCUT2D eigenvalue weighted by atomic mass is 9.48. The fourth-order valence-electron chi connectivity index (χ4n) is 5.07. The smallest absolute Gasteiger partial charge is 0.384 e. The lowest BCUT2D eigenvalue weighted by molar-refractivity contribution is -0.221. The highest BCUT2D eigenvalue weighted by atomic mass is 19.4. The molecule has 4 fully saturated rings. The van der Waals surface area contributed by atoms with Crippen molar-refractivity contribution in [1.29, 1.82) is 0 Å². The molecular formula is C13H19F3O. The van der Waals surface area contributed by atoms with E-state index in [0.29, 0.717) is 17.8 Å². The number of hydrogen-bond acceptors (Lipinski definition) is 1. The SMILES string of the molecule is O[C@@H](CC12CC3CC(CC(C3)C1)C2)C(F)(F)F. The summed E-state index contributed by atoms with van der Waals surface area (Å²) in [6.07, 6.45) is -0.170. The maximum Gasteiger partial charge on any atom is 0.414 e. The van der Waals surface area contributed by atoms with E-state index >= 15 is 0 Å². The summed E-state index contributed by atoms with van der Waals surface area (Å²) in [5.41, 5.74) is -0.191. The van der Waals surface area contributed by atoms with Gasteiger partial charge in [0, 0.05) is 0 Å². The highest BCUT2D eigenvalue weighted by Crippen LogP contribution is 2.62. The molecule has 0 amide bonds. The van der Waals surface area contributed by atoms with Crippen LogP contribution in [0.3, 0.4) is 0 Å². The molecule has 0 aromatic carbocycles. The van der Waals surface area contributed by atoms with Crippen LogP contribution in [0.25, 0.3) is 0 Å². The Morgan fingerprint density at radius 2 is 1.41 bits per heavy atom. The minimum atomic E-state index is -4.44. The third kappa shape index (κ3) is 2.09. The average molecular weight is 248 g/mol. The summed E-state index contributed by atoms with van der Waals surface area (Å²) in [5.74, 6) is 1.92. The topological polar surface area (TPSA) is 20.2 Å². The van der Waals surface area contributed by atoms with E-state index in [1.807, 2.05) is 0 Å². The molecule has 0 aliphatic heterocycles. The van der Waals surface area contributed by atoms with Crippen LogP contribution in [-0.4, -0.2) is 17.4 Å². The molecular weight excluding hydrogens is 229 g/mol. The minimum Gasteiger partial charge on any atom is -0.384 e. The van der Waals surface area contributed by atoms with Crippen molar-refractivity contribution in [3.63, 3.8) is 0 Å². The number of aliphatic hydroxyl groups excluding tert-OH is 1. The molecule has 0 saturated heterocycles. The Morgan fingerprint density at radius 1 is 1.00 bits per heavy atom. The van der Waals surface area contributed by atoms with Crippen molar-refractivity contribution in [3.05, 3.63) is 0 Å². The van der Waals surface area contributed by atoms with Gasteiger partial charge in [0.15, 0.2) is 0 Å². The van der Waals surface area contributed by atoms with E-state index < -0.39 is 12.3 Å². The van der Waals surface area contributed by atoms with Gasteiger partial charge in [-0.25, -0.2) is 0 Å². The zero-order valence-corrected chi connectivity index (χ0v) is 9.84. The lowest BCUT2D eigenvalue weighted by Crippen LogP contribution is -2.48. The maximum atomic E-state index is 12.5. The van der Waals surface area contributed by atoms with E-state index in [2.05, 4.69) is 0 Å². The highest BCUT2D eigenvalue weighted by Gasteiger charge is 2.53. The predicted molar refractivity (Wildman–Crippen MR) is 57.3 cm³/mol. The molecule has 4 heteroatoms. The molecule has 17 heavy (non-hydrogen) atoms. The van der Waals surface area contributed by atoms with Gasteiger partial charge in [0.05, 0.1) is 0 Å². The van der Waals surface area contributed by atoms with Crippen molar-refractivity contribution in [3.8, 4) is 0 Å². The molecule has 0 spiro atoms. The van der Waals surface area contributed by atoms with Crippen molar-refractivity contribution in [2.24, 2.45) is 23.2 Å². The second-order valence-corrected chi connectivity index (χ2v) is 6.68. The molecule has 4 rings (SSSR count). The molecule has 0 radical (unpaired) electrons. The van der Waals surface area contributed by atoms with Crippen LogP contribution < -0.4 is 0 Å². The Hall–Kier alpha value is -0.250. The average Bonchev–Trinajstić information content (AvgIpc) is 2.12. The van der Waals surface area contributed by atoms with Gasteiger partial charge in [0.25, 0.3) is 0 Å². The second kappa shape index (κ2) is 3.62. The molecule has 98 valence electrons. The molecule has 4 aliphatic carbocycles. The number of halogens is 3. The summed E-state index contributed by atoms with van der Waals surface area (Å²) in [6, 6.07) is 0. The van der Waals surface area contributed by atoms with E-state index in [9.17, 15) is 18.3 Å². The number of hydrogen-bond donors (Lipinski definition) is 1. The first-order chi connectivity index (χ1) is 7.86. The zero-order valence-electron chi connectivity index (χ0n) is 9.84. The predicted octanol–water partition coefficient (Wildman–Crippen LogP) is 3.52. The quantitative estimate of drug-likeness (QED) is 0.792. The maximum absolute atomic E-state index is 12.5. The van der Waals surface area contributed by atoms with E-state index in [4.69, 9.17) is 0 Å². The fraction of sp³-hybridized carbons (Fsp3) is 1.00. The monoisotopic (exact) mass is 248 g/mol. The Bertz CT molecular complexity index is 275. The molecule has 0 aromatic heterocycles. The van der Waals surface area contributed by atoms with Gasteiger partial charge in [-0.3, -0.25) is 0 Å². The first-order valence-corrected chi connectivity index (χ1v) is 6.61. The van der Waals surface area contributed by atoms with Crippen LogP contribution in [0.1, 0.15) is 44.9 Å². The van der Waals surface area contributed by atoms with Crippen LogP contribution >= 0.6 is 0 Å². The number of rotatable bonds is 2. The van der Waals surface area contributed by atoms with Crippen molar-refractivity contribution < 1.29 is 18.3 Å². The zero-order chi connectivity index (χ0) is 12.3. The van der Waals surface area contributed by atoms with Crippen LogP contribution in [0.15, 0.2) is 0 Å². The van der Waals surface area contributed by atoms with Gasteiger partial charge in [0.1, 0.15) is 6.10 Å². The van der Waals surface area contributed by atoms with Crippen LogP contribution in [-0.2, 0) is 0 Å². The standard InChI is InChI=1S/C13H19F3O/c14-13(15,16)11(17)7-12-4-8-1-9(5-12)3-10(2-8)6-12/h8-11,17H,1-7H2/t8?,9?,10?,11-,12?/m0/s1. The first-order valence-electron chi connectivity index (χ1n) is 6.61. The largest absolute Gasteiger partial charge is 0.414 e. The Kier molecular flexibility index (Phi) is 2.52. The fourth-order valence-corrected chi connectivity index (χ4v) is 5.07. The molecule has 4 bridgehead atoms. The van der Waals surface area contributed by atoms with Crippen LogP contribution in [0.5, 0.6) is 0 Å². The van der Waals surface area contributed by atoms with Gasteiger partial charge < -0.3 is 5.11 Å². The van der Waals surface area contributed by atoms with Crippen molar-refractivity contribution in [1.82, 2.24) is 0 Å². The minimum absolute atomic E-state index is 0.0556. The summed E-state index contributed by atoms with van der Waals surface area (Å²) in [7, 11) is 0. The van der Waals surface area contributed by atoms with Crippen molar-refractivity contribution in [2.75, 3.05) is 0 Å². The Morgan fingerprint density at radius 3 is 1.76 bits per heavy atom. The van der Waals surface area contributed by atoms with E-state index in [-0.39, 0.29) is 11.8 Å². The van der Waals surface area contributed by atoms with Gasteiger partial charge in [0.2, 0.25) is 0 Å². The van der Waals surface area contributed by atoms with Crippen LogP contribution in [0.4, 0.5) is 13.2 Å². The molecule has 1 atom stereocenters. The first kappa shape index (κ1) is 11.8. The molecule has 4 aliphatic rings. The summed E-state index contributed by atoms with van der Waals surface area (Å²) < 4.78 is 37.5.